The minimum Gasteiger partial charge on any atom is -0.317 e. The summed E-state index contributed by atoms with van der Waals surface area (Å²) < 4.78 is 0. The van der Waals surface area contributed by atoms with Crippen molar-refractivity contribution < 1.29 is 0 Å². The molecule has 0 amide bonds. The number of hydrogen-bond donors (Lipinski definition) is 1. The van der Waals surface area contributed by atoms with Gasteiger partial charge in [-0.25, -0.2) is 0 Å². The highest BCUT2D eigenvalue weighted by Gasteiger charge is 2.21. The smallest absolute Gasteiger partial charge is 0.0239 e. The maximum absolute atomic E-state index is 3.43. The van der Waals surface area contributed by atoms with Gasteiger partial charge >= 0.3 is 0 Å². The molecule has 20 heavy (non-hydrogen) atoms. The van der Waals surface area contributed by atoms with E-state index in [-0.39, 0.29) is 0 Å². The summed E-state index contributed by atoms with van der Waals surface area (Å²) in [5.74, 6) is 0. The Hall–Kier alpha value is -0.860. The zero-order chi connectivity index (χ0) is 14.2. The van der Waals surface area contributed by atoms with Crippen LogP contribution in [0.5, 0.6) is 0 Å². The molecule has 0 saturated heterocycles. The molecule has 1 fully saturated rings. The molecule has 112 valence electrons. The van der Waals surface area contributed by atoms with Crippen LogP contribution in [-0.2, 0) is 13.0 Å². The van der Waals surface area contributed by atoms with Gasteiger partial charge in [-0.3, -0.25) is 4.90 Å². The quantitative estimate of drug-likeness (QED) is 0.729. The summed E-state index contributed by atoms with van der Waals surface area (Å²) in [6.07, 6.45) is 6.78. The third-order valence-electron chi connectivity index (χ3n) is 4.56. The summed E-state index contributed by atoms with van der Waals surface area (Å²) in [4.78, 5) is 2.68. The van der Waals surface area contributed by atoms with Gasteiger partial charge in [0.1, 0.15) is 0 Å². The molecular weight excluding hydrogens is 244 g/mol. The topological polar surface area (TPSA) is 15.3 Å². The maximum Gasteiger partial charge on any atom is 0.0239 e. The van der Waals surface area contributed by atoms with Crippen LogP contribution in [0.3, 0.4) is 0 Å². The molecule has 2 nitrogen and oxygen atoms in total. The largest absolute Gasteiger partial charge is 0.317 e. The minimum atomic E-state index is 0.821. The highest BCUT2D eigenvalue weighted by Crippen LogP contribution is 2.25. The van der Waals surface area contributed by atoms with Crippen LogP contribution in [-0.4, -0.2) is 30.6 Å². The van der Waals surface area contributed by atoms with Crippen molar-refractivity contribution in [3.63, 3.8) is 0 Å². The first-order chi connectivity index (χ1) is 9.85. The molecule has 0 unspecified atom stereocenters. The maximum atomic E-state index is 3.43. The monoisotopic (exact) mass is 274 g/mol. The van der Waals surface area contributed by atoms with Crippen molar-refractivity contribution in [1.29, 1.82) is 0 Å². The molecule has 1 saturated carbocycles. The Labute approximate surface area is 124 Å². The third kappa shape index (κ3) is 4.32. The Morgan fingerprint density at radius 1 is 1.10 bits per heavy atom. The molecule has 1 N–H and O–H groups in total. The summed E-state index contributed by atoms with van der Waals surface area (Å²) in [5.41, 5.74) is 3.05. The Morgan fingerprint density at radius 3 is 2.45 bits per heavy atom. The van der Waals surface area contributed by atoms with Crippen LogP contribution in [0.4, 0.5) is 0 Å². The Morgan fingerprint density at radius 2 is 1.80 bits per heavy atom. The molecule has 0 bridgehead atoms. The van der Waals surface area contributed by atoms with E-state index >= 15 is 0 Å². The van der Waals surface area contributed by atoms with E-state index in [4.69, 9.17) is 0 Å². The van der Waals surface area contributed by atoms with Crippen LogP contribution in [0, 0.1) is 0 Å². The van der Waals surface area contributed by atoms with Crippen molar-refractivity contribution in [3.8, 4) is 0 Å². The van der Waals surface area contributed by atoms with Crippen molar-refractivity contribution in [3.05, 3.63) is 35.4 Å². The number of nitrogens with one attached hydrogen (secondary N) is 1. The second kappa shape index (κ2) is 8.43. The second-order valence-corrected chi connectivity index (χ2v) is 5.87. The fraction of sp³-hybridized carbons (Fsp3) is 0.667. The average molecular weight is 274 g/mol. The standard InChI is InChI=1S/C18H30N2/c1-3-19-14-13-16-9-5-6-10-17(16)15-20(4-2)18-11-7-8-12-18/h5-6,9-10,18-19H,3-4,7-8,11-15H2,1-2H3. The van der Waals surface area contributed by atoms with E-state index in [0.29, 0.717) is 0 Å². The average Bonchev–Trinajstić information content (AvgIpc) is 3.00. The third-order valence-corrected chi connectivity index (χ3v) is 4.56. The van der Waals surface area contributed by atoms with E-state index < -0.39 is 0 Å². The van der Waals surface area contributed by atoms with Crippen LogP contribution in [0.1, 0.15) is 50.7 Å². The number of hydrogen-bond acceptors (Lipinski definition) is 2. The zero-order valence-corrected chi connectivity index (χ0v) is 13.2. The van der Waals surface area contributed by atoms with Gasteiger partial charge in [0.2, 0.25) is 0 Å². The van der Waals surface area contributed by atoms with Gasteiger partial charge in [-0.1, -0.05) is 51.0 Å². The molecule has 1 aromatic carbocycles. The minimum absolute atomic E-state index is 0.821. The lowest BCUT2D eigenvalue weighted by atomic mass is 10.0. The Balaban J connectivity index is 1.99. The number of benzene rings is 1. The highest BCUT2D eigenvalue weighted by molar-refractivity contribution is 5.27. The van der Waals surface area contributed by atoms with Gasteiger partial charge in [-0.05, 0) is 50.0 Å². The van der Waals surface area contributed by atoms with Gasteiger partial charge in [0.25, 0.3) is 0 Å². The number of rotatable bonds is 8. The molecule has 2 heteroatoms. The molecule has 0 radical (unpaired) electrons. The normalized spacial score (nSPS) is 16.1. The molecule has 1 aliphatic carbocycles. The van der Waals surface area contributed by atoms with E-state index in [1.807, 2.05) is 0 Å². The van der Waals surface area contributed by atoms with Crippen LogP contribution in [0.25, 0.3) is 0 Å². The lowest BCUT2D eigenvalue weighted by Crippen LogP contribution is -2.33. The molecule has 0 aliphatic heterocycles. The zero-order valence-electron chi connectivity index (χ0n) is 13.2. The van der Waals surface area contributed by atoms with Crippen molar-refractivity contribution in [2.24, 2.45) is 0 Å². The van der Waals surface area contributed by atoms with Gasteiger partial charge in [0, 0.05) is 12.6 Å². The Kier molecular flexibility index (Phi) is 6.55. The summed E-state index contributed by atoms with van der Waals surface area (Å²) in [7, 11) is 0. The fourth-order valence-electron chi connectivity index (χ4n) is 3.34. The lowest BCUT2D eigenvalue weighted by molar-refractivity contribution is 0.200. The van der Waals surface area contributed by atoms with E-state index in [1.165, 1.54) is 43.4 Å². The van der Waals surface area contributed by atoms with Crippen molar-refractivity contribution in [1.82, 2.24) is 10.2 Å². The molecule has 0 aromatic heterocycles. The molecule has 0 spiro atoms. The van der Waals surface area contributed by atoms with E-state index in [2.05, 4.69) is 48.3 Å². The predicted octanol–water partition coefficient (Wildman–Crippen LogP) is 3.60. The van der Waals surface area contributed by atoms with Gasteiger partial charge < -0.3 is 5.32 Å². The predicted molar refractivity (Wildman–Crippen MR) is 87.0 cm³/mol. The van der Waals surface area contributed by atoms with Crippen LogP contribution >= 0.6 is 0 Å². The summed E-state index contributed by atoms with van der Waals surface area (Å²) >= 11 is 0. The number of nitrogens with zero attached hydrogens (tertiary/aromatic N) is 1. The first-order valence-corrected chi connectivity index (χ1v) is 8.36. The first-order valence-electron chi connectivity index (χ1n) is 8.36. The molecule has 0 heterocycles. The van der Waals surface area contributed by atoms with Gasteiger partial charge in [-0.2, -0.15) is 0 Å². The van der Waals surface area contributed by atoms with Gasteiger partial charge in [-0.15, -0.1) is 0 Å². The summed E-state index contributed by atoms with van der Waals surface area (Å²) in [6, 6.07) is 9.81. The van der Waals surface area contributed by atoms with Crippen molar-refractivity contribution in [2.45, 2.75) is 58.5 Å². The van der Waals surface area contributed by atoms with Crippen LogP contribution in [0.15, 0.2) is 24.3 Å². The van der Waals surface area contributed by atoms with E-state index in [9.17, 15) is 0 Å². The molecular formula is C18H30N2. The fourth-order valence-corrected chi connectivity index (χ4v) is 3.34. The molecule has 2 rings (SSSR count). The van der Waals surface area contributed by atoms with Gasteiger partial charge in [0.15, 0.2) is 0 Å². The van der Waals surface area contributed by atoms with Gasteiger partial charge in [0.05, 0.1) is 0 Å². The molecule has 1 aromatic rings. The molecule has 1 aliphatic rings. The molecule has 0 atom stereocenters. The Bertz CT molecular complexity index is 383. The SMILES string of the molecule is CCNCCc1ccccc1CN(CC)C1CCCC1. The van der Waals surface area contributed by atoms with Crippen LogP contribution < -0.4 is 5.32 Å². The van der Waals surface area contributed by atoms with Crippen molar-refractivity contribution in [2.75, 3.05) is 19.6 Å². The van der Waals surface area contributed by atoms with Crippen LogP contribution in [0.2, 0.25) is 0 Å². The van der Waals surface area contributed by atoms with E-state index in [1.54, 1.807) is 0 Å². The van der Waals surface area contributed by atoms with E-state index in [0.717, 1.165) is 32.1 Å². The second-order valence-electron chi connectivity index (χ2n) is 5.87. The highest BCUT2D eigenvalue weighted by atomic mass is 15.1. The lowest BCUT2D eigenvalue weighted by Gasteiger charge is -2.28. The van der Waals surface area contributed by atoms with Crippen molar-refractivity contribution >= 4 is 0 Å². The first kappa shape index (κ1) is 15.5. The summed E-state index contributed by atoms with van der Waals surface area (Å²) in [6.45, 7) is 8.93. The summed E-state index contributed by atoms with van der Waals surface area (Å²) in [5, 5.41) is 3.43. The number of likely N-dealkylation sites (N-methyl/N-ethyl adjacent to an activating group) is 1.